The maximum absolute atomic E-state index is 13.4. The molecule has 6 nitrogen and oxygen atoms in total. The fourth-order valence-electron chi connectivity index (χ4n) is 2.99. The summed E-state index contributed by atoms with van der Waals surface area (Å²) in [5, 5.41) is 0.397. The Morgan fingerprint density at radius 3 is 2.56 bits per heavy atom. The lowest BCUT2D eigenvalue weighted by Gasteiger charge is -2.24. The fourth-order valence-corrected chi connectivity index (χ4v) is 3.29. The van der Waals surface area contributed by atoms with E-state index in [4.69, 9.17) is 16.3 Å². The van der Waals surface area contributed by atoms with Crippen molar-refractivity contribution in [1.82, 2.24) is 0 Å². The zero-order chi connectivity index (χ0) is 19.4. The number of fused-ring (bicyclic) bond motifs is 1. The van der Waals surface area contributed by atoms with E-state index in [1.54, 1.807) is 32.4 Å². The summed E-state index contributed by atoms with van der Waals surface area (Å²) < 4.78 is 4.97. The van der Waals surface area contributed by atoms with E-state index in [9.17, 15) is 9.59 Å². The molecule has 2 amide bonds. The van der Waals surface area contributed by atoms with Gasteiger partial charge in [0.2, 0.25) is 11.8 Å². The van der Waals surface area contributed by atoms with Crippen LogP contribution in [0.1, 0.15) is 0 Å². The van der Waals surface area contributed by atoms with Gasteiger partial charge in [0.05, 0.1) is 29.5 Å². The Labute approximate surface area is 163 Å². The lowest BCUT2D eigenvalue weighted by Crippen LogP contribution is -2.40. The van der Waals surface area contributed by atoms with E-state index in [1.807, 2.05) is 30.3 Å². The number of ether oxygens (including phenoxy) is 1. The highest BCUT2D eigenvalue weighted by Gasteiger charge is 2.39. The second-order valence-corrected chi connectivity index (χ2v) is 6.45. The van der Waals surface area contributed by atoms with Gasteiger partial charge in [-0.3, -0.25) is 19.5 Å². The molecule has 0 fully saturated rings. The van der Waals surface area contributed by atoms with Gasteiger partial charge in [-0.15, -0.1) is 0 Å². The van der Waals surface area contributed by atoms with Gasteiger partial charge in [0.1, 0.15) is 0 Å². The van der Waals surface area contributed by atoms with E-state index in [0.717, 1.165) is 0 Å². The fraction of sp³-hybridized carbons (Fsp3) is 0.250. The van der Waals surface area contributed by atoms with Crippen molar-refractivity contribution in [2.45, 2.75) is 0 Å². The maximum Gasteiger partial charge on any atom is 0.249 e. The molecule has 0 aliphatic carbocycles. The van der Waals surface area contributed by atoms with Gasteiger partial charge in [0.25, 0.3) is 0 Å². The van der Waals surface area contributed by atoms with E-state index in [2.05, 4.69) is 4.99 Å². The molecule has 7 heteroatoms. The van der Waals surface area contributed by atoms with E-state index in [-0.39, 0.29) is 11.8 Å². The molecule has 0 spiro atoms. The molecule has 1 aliphatic heterocycles. The number of anilines is 3. The second-order valence-electron chi connectivity index (χ2n) is 6.04. The lowest BCUT2D eigenvalue weighted by molar-refractivity contribution is -0.128. The Kier molecular flexibility index (Phi) is 5.88. The summed E-state index contributed by atoms with van der Waals surface area (Å²) in [5.74, 6) is -1.80. The third-order valence-corrected chi connectivity index (χ3v) is 4.62. The number of carbonyl (C=O) groups is 2. The maximum atomic E-state index is 13.4. The number of aliphatic imine (C=N–C) groups is 1. The number of hydrogen-bond acceptors (Lipinski definition) is 4. The summed E-state index contributed by atoms with van der Waals surface area (Å²) in [6.07, 6.45) is 1.40. The van der Waals surface area contributed by atoms with Crippen LogP contribution in [0, 0.1) is 5.92 Å². The normalized spacial score (nSPS) is 17.4. The van der Waals surface area contributed by atoms with Crippen LogP contribution in [0.3, 0.4) is 0 Å². The Bertz CT molecular complexity index is 870. The molecule has 1 heterocycles. The molecule has 2 aromatic carbocycles. The zero-order valence-corrected chi connectivity index (χ0v) is 15.9. The quantitative estimate of drug-likeness (QED) is 0.450. The summed E-state index contributed by atoms with van der Waals surface area (Å²) in [5.41, 5.74) is 1.71. The van der Waals surface area contributed by atoms with Gasteiger partial charge in [-0.25, -0.2) is 0 Å². The molecule has 3 rings (SSSR count). The van der Waals surface area contributed by atoms with Gasteiger partial charge < -0.3 is 9.64 Å². The molecule has 0 bridgehead atoms. The average molecular weight is 386 g/mol. The van der Waals surface area contributed by atoms with Gasteiger partial charge >= 0.3 is 0 Å². The summed E-state index contributed by atoms with van der Waals surface area (Å²) >= 11 is 6.39. The SMILES string of the molecule is COCCN=CC1C(=O)N(C)c2c(Cl)cccc2N(c2ccccc2)C1=O. The van der Waals surface area contributed by atoms with Crippen LogP contribution < -0.4 is 9.80 Å². The topological polar surface area (TPSA) is 62.2 Å². The number of benzene rings is 2. The molecule has 0 saturated carbocycles. The number of nitrogens with zero attached hydrogens (tertiary/aromatic N) is 3. The molecule has 0 aromatic heterocycles. The third kappa shape index (κ3) is 3.72. The number of para-hydroxylation sites is 2. The molecular weight excluding hydrogens is 366 g/mol. The van der Waals surface area contributed by atoms with Crippen LogP contribution in [0.15, 0.2) is 53.5 Å². The molecule has 0 radical (unpaired) electrons. The Morgan fingerprint density at radius 1 is 1.11 bits per heavy atom. The van der Waals surface area contributed by atoms with E-state index < -0.39 is 5.92 Å². The van der Waals surface area contributed by atoms with Gasteiger partial charge in [-0.05, 0) is 24.3 Å². The van der Waals surface area contributed by atoms with Crippen molar-refractivity contribution in [3.8, 4) is 0 Å². The monoisotopic (exact) mass is 385 g/mol. The zero-order valence-electron chi connectivity index (χ0n) is 15.1. The second kappa shape index (κ2) is 8.33. The van der Waals surface area contributed by atoms with Crippen LogP contribution in [-0.4, -0.2) is 45.3 Å². The first kappa shape index (κ1) is 19.1. The minimum absolute atomic E-state index is 0.371. The van der Waals surface area contributed by atoms with Gasteiger partial charge in [0, 0.05) is 26.1 Å². The van der Waals surface area contributed by atoms with Gasteiger partial charge in [-0.1, -0.05) is 35.9 Å². The number of methoxy groups -OCH3 is 1. The summed E-state index contributed by atoms with van der Waals surface area (Å²) in [7, 11) is 3.19. The summed E-state index contributed by atoms with van der Waals surface area (Å²) in [4.78, 5) is 33.5. The van der Waals surface area contributed by atoms with Gasteiger partial charge in [0.15, 0.2) is 5.92 Å². The van der Waals surface area contributed by atoms with Crippen LogP contribution in [0.5, 0.6) is 0 Å². The Morgan fingerprint density at radius 2 is 1.85 bits per heavy atom. The highest BCUT2D eigenvalue weighted by atomic mass is 35.5. The molecular formula is C20H20ClN3O3. The van der Waals surface area contributed by atoms with Gasteiger partial charge in [-0.2, -0.15) is 0 Å². The summed E-state index contributed by atoms with van der Waals surface area (Å²) in [6, 6.07) is 14.4. The minimum Gasteiger partial charge on any atom is -0.383 e. The highest BCUT2D eigenvalue weighted by molar-refractivity contribution is 6.37. The lowest BCUT2D eigenvalue weighted by atomic mass is 10.1. The van der Waals surface area contributed by atoms with E-state index in [0.29, 0.717) is 35.2 Å². The number of carbonyl (C=O) groups excluding carboxylic acids is 2. The number of halogens is 1. The van der Waals surface area contributed by atoms with Crippen molar-refractivity contribution in [2.75, 3.05) is 37.1 Å². The van der Waals surface area contributed by atoms with Crippen LogP contribution >= 0.6 is 11.6 Å². The van der Waals surface area contributed by atoms with Crippen LogP contribution in [0.4, 0.5) is 17.1 Å². The van der Waals surface area contributed by atoms with E-state index >= 15 is 0 Å². The standard InChI is InChI=1S/C20H20ClN3O3/c1-23-18-16(21)9-6-10-17(18)24(14-7-4-3-5-8-14)20(26)15(19(23)25)13-22-11-12-27-2/h3-10,13,15H,11-12H2,1-2H3. The number of hydrogen-bond donors (Lipinski definition) is 0. The Balaban J connectivity index is 2.13. The smallest absolute Gasteiger partial charge is 0.249 e. The Hall–Kier alpha value is -2.70. The molecule has 1 unspecified atom stereocenters. The minimum atomic E-state index is -1.05. The highest BCUT2D eigenvalue weighted by Crippen LogP contribution is 2.42. The molecule has 2 aromatic rings. The summed E-state index contributed by atoms with van der Waals surface area (Å²) in [6.45, 7) is 0.784. The molecule has 1 atom stereocenters. The average Bonchev–Trinajstić information content (AvgIpc) is 2.75. The van der Waals surface area contributed by atoms with Crippen molar-refractivity contribution in [2.24, 2.45) is 10.9 Å². The van der Waals surface area contributed by atoms with Crippen LogP contribution in [0.2, 0.25) is 5.02 Å². The van der Waals surface area contributed by atoms with Crippen molar-refractivity contribution in [1.29, 1.82) is 0 Å². The third-order valence-electron chi connectivity index (χ3n) is 4.32. The first-order valence-electron chi connectivity index (χ1n) is 8.50. The molecule has 0 N–H and O–H groups in total. The van der Waals surface area contributed by atoms with Crippen molar-refractivity contribution in [3.05, 3.63) is 53.6 Å². The molecule has 27 heavy (non-hydrogen) atoms. The van der Waals surface area contributed by atoms with Crippen molar-refractivity contribution in [3.63, 3.8) is 0 Å². The number of amides is 2. The van der Waals surface area contributed by atoms with Crippen molar-refractivity contribution >= 4 is 46.7 Å². The predicted octanol–water partition coefficient (Wildman–Crippen LogP) is 3.31. The first-order chi connectivity index (χ1) is 13.1. The largest absolute Gasteiger partial charge is 0.383 e. The first-order valence-corrected chi connectivity index (χ1v) is 8.88. The van der Waals surface area contributed by atoms with Crippen molar-refractivity contribution < 1.29 is 14.3 Å². The molecule has 1 aliphatic rings. The number of rotatable bonds is 5. The van der Waals surface area contributed by atoms with Crippen LogP contribution in [-0.2, 0) is 14.3 Å². The predicted molar refractivity (Wildman–Crippen MR) is 107 cm³/mol. The molecule has 0 saturated heterocycles. The van der Waals surface area contributed by atoms with E-state index in [1.165, 1.54) is 16.0 Å². The molecule has 140 valence electrons. The van der Waals surface area contributed by atoms with Crippen LogP contribution in [0.25, 0.3) is 0 Å².